The summed E-state index contributed by atoms with van der Waals surface area (Å²) < 4.78 is 0. The third-order valence-electron chi connectivity index (χ3n) is 4.72. The molecule has 0 spiro atoms. The molecule has 0 bridgehead atoms. The zero-order valence-electron chi connectivity index (χ0n) is 12.3. The minimum absolute atomic E-state index is 0.197. The average Bonchev–Trinajstić information content (AvgIpc) is 2.97. The number of thiazole rings is 1. The molecule has 2 atom stereocenters. The normalized spacial score (nSPS) is 30.5. The predicted octanol–water partition coefficient (Wildman–Crippen LogP) is 4.04. The lowest BCUT2D eigenvalue weighted by Gasteiger charge is -2.39. The van der Waals surface area contributed by atoms with Gasteiger partial charge in [0.25, 0.3) is 0 Å². The second-order valence-electron chi connectivity index (χ2n) is 6.45. The summed E-state index contributed by atoms with van der Waals surface area (Å²) in [5.41, 5.74) is 1.61. The topological polar surface area (TPSA) is 24.9 Å². The third kappa shape index (κ3) is 2.59. The van der Waals surface area contributed by atoms with Crippen molar-refractivity contribution < 1.29 is 0 Å². The minimum Gasteiger partial charge on any atom is -0.305 e. The van der Waals surface area contributed by atoms with E-state index in [0.717, 1.165) is 12.5 Å². The van der Waals surface area contributed by atoms with Crippen LogP contribution < -0.4 is 5.32 Å². The Morgan fingerprint density at radius 3 is 3.00 bits per heavy atom. The summed E-state index contributed by atoms with van der Waals surface area (Å²) in [6.07, 6.45) is 10.3. The molecule has 1 aromatic rings. The zero-order chi connectivity index (χ0) is 13.3. The van der Waals surface area contributed by atoms with Gasteiger partial charge in [-0.1, -0.05) is 26.7 Å². The standard InChI is InChI=1S/C16H26N2S/c1-3-10-17-16(9-5-6-12(2)11-16)15-18-13-7-4-8-14(13)19-15/h12,17H,3-11H2,1-2H3. The third-order valence-corrected chi connectivity index (χ3v) is 6.08. The van der Waals surface area contributed by atoms with E-state index >= 15 is 0 Å². The van der Waals surface area contributed by atoms with E-state index in [2.05, 4.69) is 19.2 Å². The molecule has 2 aliphatic carbocycles. The molecule has 1 heterocycles. The highest BCUT2D eigenvalue weighted by atomic mass is 32.1. The molecule has 106 valence electrons. The summed E-state index contributed by atoms with van der Waals surface area (Å²) in [5, 5.41) is 5.27. The number of hydrogen-bond acceptors (Lipinski definition) is 3. The summed E-state index contributed by atoms with van der Waals surface area (Å²) in [5.74, 6) is 0.830. The Labute approximate surface area is 121 Å². The predicted molar refractivity (Wildman–Crippen MR) is 81.7 cm³/mol. The maximum Gasteiger partial charge on any atom is 0.113 e. The van der Waals surface area contributed by atoms with Crippen LogP contribution in [-0.2, 0) is 18.4 Å². The van der Waals surface area contributed by atoms with Crippen molar-refractivity contribution in [2.75, 3.05) is 6.54 Å². The van der Waals surface area contributed by atoms with E-state index in [9.17, 15) is 0 Å². The fourth-order valence-corrected chi connectivity index (χ4v) is 5.10. The lowest BCUT2D eigenvalue weighted by molar-refractivity contribution is 0.187. The van der Waals surface area contributed by atoms with Crippen LogP contribution in [0.3, 0.4) is 0 Å². The van der Waals surface area contributed by atoms with Crippen LogP contribution in [0.15, 0.2) is 0 Å². The van der Waals surface area contributed by atoms with E-state index in [4.69, 9.17) is 4.98 Å². The molecule has 1 N–H and O–H groups in total. The second-order valence-corrected chi connectivity index (χ2v) is 7.54. The van der Waals surface area contributed by atoms with Crippen LogP contribution in [0.25, 0.3) is 0 Å². The molecular weight excluding hydrogens is 252 g/mol. The highest BCUT2D eigenvalue weighted by molar-refractivity contribution is 7.12. The quantitative estimate of drug-likeness (QED) is 0.899. The van der Waals surface area contributed by atoms with Crippen molar-refractivity contribution in [1.82, 2.24) is 10.3 Å². The van der Waals surface area contributed by atoms with Crippen molar-refractivity contribution in [3.8, 4) is 0 Å². The Kier molecular flexibility index (Phi) is 3.95. The molecule has 0 amide bonds. The van der Waals surface area contributed by atoms with E-state index in [-0.39, 0.29) is 5.54 Å². The van der Waals surface area contributed by atoms with Gasteiger partial charge in [0.05, 0.1) is 11.2 Å². The van der Waals surface area contributed by atoms with Crippen molar-refractivity contribution in [1.29, 1.82) is 0 Å². The van der Waals surface area contributed by atoms with E-state index in [1.54, 1.807) is 4.88 Å². The lowest BCUT2D eigenvalue weighted by Crippen LogP contribution is -2.46. The number of fused-ring (bicyclic) bond motifs is 1. The number of aromatic nitrogens is 1. The Bertz CT molecular complexity index is 418. The van der Waals surface area contributed by atoms with Crippen LogP contribution in [0.1, 0.15) is 68.0 Å². The van der Waals surface area contributed by atoms with Crippen molar-refractivity contribution in [3.63, 3.8) is 0 Å². The molecular formula is C16H26N2S. The Morgan fingerprint density at radius 1 is 1.37 bits per heavy atom. The van der Waals surface area contributed by atoms with Crippen LogP contribution in [-0.4, -0.2) is 11.5 Å². The first-order valence-corrected chi connectivity index (χ1v) is 8.79. The van der Waals surface area contributed by atoms with Crippen molar-refractivity contribution in [2.24, 2.45) is 5.92 Å². The van der Waals surface area contributed by atoms with E-state index in [1.807, 2.05) is 11.3 Å². The number of nitrogens with one attached hydrogen (secondary N) is 1. The first kappa shape index (κ1) is 13.6. The van der Waals surface area contributed by atoms with Crippen molar-refractivity contribution >= 4 is 11.3 Å². The van der Waals surface area contributed by atoms with Crippen LogP contribution in [0.4, 0.5) is 0 Å². The van der Waals surface area contributed by atoms with Gasteiger partial charge in [-0.05, 0) is 51.0 Å². The van der Waals surface area contributed by atoms with Crippen molar-refractivity contribution in [3.05, 3.63) is 15.6 Å². The van der Waals surface area contributed by atoms with Gasteiger partial charge in [0.2, 0.25) is 0 Å². The van der Waals surface area contributed by atoms with E-state index < -0.39 is 0 Å². The lowest BCUT2D eigenvalue weighted by atomic mass is 9.76. The van der Waals surface area contributed by atoms with E-state index in [1.165, 1.54) is 62.1 Å². The number of hydrogen-bond donors (Lipinski definition) is 1. The van der Waals surface area contributed by atoms with Crippen LogP contribution >= 0.6 is 11.3 Å². The molecule has 0 radical (unpaired) electrons. The average molecular weight is 278 g/mol. The smallest absolute Gasteiger partial charge is 0.113 e. The minimum atomic E-state index is 0.197. The fourth-order valence-electron chi connectivity index (χ4n) is 3.74. The largest absolute Gasteiger partial charge is 0.305 e. The molecule has 1 fully saturated rings. The fraction of sp³-hybridized carbons (Fsp3) is 0.812. The first-order chi connectivity index (χ1) is 9.23. The molecule has 3 heteroatoms. The van der Waals surface area contributed by atoms with Gasteiger partial charge in [-0.25, -0.2) is 4.98 Å². The van der Waals surface area contributed by atoms with Crippen LogP contribution in [0.5, 0.6) is 0 Å². The first-order valence-electron chi connectivity index (χ1n) is 7.97. The van der Waals surface area contributed by atoms with Gasteiger partial charge >= 0.3 is 0 Å². The molecule has 0 aromatic carbocycles. The van der Waals surface area contributed by atoms with Gasteiger partial charge in [0, 0.05) is 4.88 Å². The number of rotatable bonds is 4. The van der Waals surface area contributed by atoms with E-state index in [0.29, 0.717) is 0 Å². The molecule has 3 rings (SSSR count). The van der Waals surface area contributed by atoms with Gasteiger partial charge in [-0.3, -0.25) is 0 Å². The molecule has 0 saturated heterocycles. The SMILES string of the molecule is CCCNC1(c2nc3c(s2)CCC3)CCCC(C)C1. The van der Waals surface area contributed by atoms with Crippen LogP contribution in [0, 0.1) is 5.92 Å². The summed E-state index contributed by atoms with van der Waals surface area (Å²) in [6.45, 7) is 5.79. The zero-order valence-corrected chi connectivity index (χ0v) is 13.1. The highest BCUT2D eigenvalue weighted by Crippen LogP contribution is 2.43. The molecule has 1 aromatic heterocycles. The highest BCUT2D eigenvalue weighted by Gasteiger charge is 2.39. The Balaban J connectivity index is 1.88. The maximum absolute atomic E-state index is 5.03. The monoisotopic (exact) mass is 278 g/mol. The summed E-state index contributed by atoms with van der Waals surface area (Å²) in [4.78, 5) is 6.60. The molecule has 2 aliphatic rings. The van der Waals surface area contributed by atoms with Gasteiger partial charge in [-0.15, -0.1) is 11.3 Å². The Hall–Kier alpha value is -0.410. The summed E-state index contributed by atoms with van der Waals surface area (Å²) in [7, 11) is 0. The van der Waals surface area contributed by atoms with Gasteiger partial charge in [0.1, 0.15) is 5.01 Å². The van der Waals surface area contributed by atoms with Gasteiger partial charge in [-0.2, -0.15) is 0 Å². The second kappa shape index (κ2) is 5.53. The molecule has 2 nitrogen and oxygen atoms in total. The van der Waals surface area contributed by atoms with Crippen LogP contribution in [0.2, 0.25) is 0 Å². The number of aryl methyl sites for hydroxylation is 2. The molecule has 19 heavy (non-hydrogen) atoms. The summed E-state index contributed by atoms with van der Waals surface area (Å²) in [6, 6.07) is 0. The summed E-state index contributed by atoms with van der Waals surface area (Å²) >= 11 is 2.01. The number of nitrogens with zero attached hydrogens (tertiary/aromatic N) is 1. The van der Waals surface area contributed by atoms with Crippen molar-refractivity contribution in [2.45, 2.75) is 70.8 Å². The van der Waals surface area contributed by atoms with Gasteiger partial charge < -0.3 is 5.32 Å². The maximum atomic E-state index is 5.03. The molecule has 1 saturated carbocycles. The molecule has 0 aliphatic heterocycles. The molecule has 2 unspecified atom stereocenters. The van der Waals surface area contributed by atoms with Gasteiger partial charge in [0.15, 0.2) is 0 Å². The Morgan fingerprint density at radius 2 is 2.26 bits per heavy atom.